The van der Waals surface area contributed by atoms with E-state index in [2.05, 4.69) is 13.0 Å². The monoisotopic (exact) mass is 293 g/mol. The number of nitrogens with zero attached hydrogens (tertiary/aromatic N) is 1. The van der Waals surface area contributed by atoms with Crippen LogP contribution in [0, 0.1) is 6.92 Å². The van der Waals surface area contributed by atoms with Gasteiger partial charge in [0.25, 0.3) is 0 Å². The first-order valence-corrected chi connectivity index (χ1v) is 8.08. The van der Waals surface area contributed by atoms with Gasteiger partial charge < -0.3 is 10.0 Å². The molecule has 1 atom stereocenters. The van der Waals surface area contributed by atoms with E-state index < -0.39 is 5.60 Å². The molecule has 0 aliphatic carbocycles. The molecular weight excluding hydrogens is 270 g/mol. The van der Waals surface area contributed by atoms with Crippen LogP contribution in [0.2, 0.25) is 0 Å². The van der Waals surface area contributed by atoms with Gasteiger partial charge in [0.05, 0.1) is 17.4 Å². The van der Waals surface area contributed by atoms with Gasteiger partial charge in [0.2, 0.25) is 5.91 Å². The van der Waals surface area contributed by atoms with Crippen LogP contribution in [0.5, 0.6) is 0 Å². The summed E-state index contributed by atoms with van der Waals surface area (Å²) in [4.78, 5) is 15.4. The lowest BCUT2D eigenvalue weighted by molar-refractivity contribution is -0.133. The van der Waals surface area contributed by atoms with Crippen molar-refractivity contribution in [2.75, 3.05) is 12.3 Å². The Morgan fingerprint density at radius 2 is 2.15 bits per heavy atom. The number of hydrogen-bond acceptors (Lipinski definition) is 3. The maximum Gasteiger partial charge on any atom is 0.233 e. The van der Waals surface area contributed by atoms with Gasteiger partial charge in [0.15, 0.2) is 0 Å². The lowest BCUT2D eigenvalue weighted by atomic mass is 9.97. The summed E-state index contributed by atoms with van der Waals surface area (Å²) in [6.07, 6.45) is 1.87. The molecule has 1 fully saturated rings. The highest BCUT2D eigenvalue weighted by Gasteiger charge is 2.38. The molecule has 110 valence electrons. The van der Waals surface area contributed by atoms with Gasteiger partial charge in [-0.1, -0.05) is 18.2 Å². The molecule has 20 heavy (non-hydrogen) atoms. The van der Waals surface area contributed by atoms with E-state index in [1.165, 1.54) is 5.56 Å². The Morgan fingerprint density at radius 1 is 1.45 bits per heavy atom. The Balaban J connectivity index is 1.97. The number of hydrogen-bond donors (Lipinski definition) is 1. The molecule has 0 bridgehead atoms. The van der Waals surface area contributed by atoms with Crippen molar-refractivity contribution in [3.05, 3.63) is 29.8 Å². The second kappa shape index (κ2) is 6.19. The summed E-state index contributed by atoms with van der Waals surface area (Å²) < 4.78 is 0. The molecule has 0 spiro atoms. The van der Waals surface area contributed by atoms with E-state index in [-0.39, 0.29) is 11.9 Å². The Kier molecular flexibility index (Phi) is 4.76. The van der Waals surface area contributed by atoms with E-state index in [9.17, 15) is 9.90 Å². The number of benzene rings is 1. The molecule has 0 aromatic heterocycles. The molecular formula is C16H23NO2S. The molecule has 1 heterocycles. The summed E-state index contributed by atoms with van der Waals surface area (Å²) in [6, 6.07) is 8.06. The highest BCUT2D eigenvalue weighted by Crippen LogP contribution is 2.29. The molecule has 1 N–H and O–H groups in total. The van der Waals surface area contributed by atoms with Crippen LogP contribution in [0.1, 0.15) is 32.3 Å². The van der Waals surface area contributed by atoms with Crippen molar-refractivity contribution in [1.29, 1.82) is 0 Å². The molecule has 0 radical (unpaired) electrons. The summed E-state index contributed by atoms with van der Waals surface area (Å²) in [5.41, 5.74) is 0.380. The van der Waals surface area contributed by atoms with Crippen LogP contribution in [0.15, 0.2) is 29.2 Å². The molecule has 1 aliphatic heterocycles. The van der Waals surface area contributed by atoms with Crippen molar-refractivity contribution in [1.82, 2.24) is 4.90 Å². The first-order valence-electron chi connectivity index (χ1n) is 7.10. The van der Waals surface area contributed by atoms with Gasteiger partial charge >= 0.3 is 0 Å². The fourth-order valence-corrected chi connectivity index (χ4v) is 3.66. The third kappa shape index (κ3) is 3.55. The van der Waals surface area contributed by atoms with Crippen LogP contribution in [0.25, 0.3) is 0 Å². The fraction of sp³-hybridized carbons (Fsp3) is 0.562. The number of rotatable bonds is 4. The number of likely N-dealkylation sites (tertiary alicyclic amines) is 1. The first-order chi connectivity index (χ1) is 9.39. The summed E-state index contributed by atoms with van der Waals surface area (Å²) >= 11 is 1.58. The predicted octanol–water partition coefficient (Wildman–Crippen LogP) is 2.85. The SMILES string of the molecule is Cc1ccccc1SCC(=O)N1CCC[C@@H]1C(C)(C)O. The minimum Gasteiger partial charge on any atom is -0.388 e. The average Bonchev–Trinajstić information content (AvgIpc) is 2.86. The van der Waals surface area contributed by atoms with Crippen molar-refractivity contribution in [3.8, 4) is 0 Å². The molecule has 4 heteroatoms. The highest BCUT2D eigenvalue weighted by atomic mass is 32.2. The third-order valence-electron chi connectivity index (χ3n) is 3.83. The zero-order chi connectivity index (χ0) is 14.8. The summed E-state index contributed by atoms with van der Waals surface area (Å²) in [5.74, 6) is 0.570. The number of amides is 1. The van der Waals surface area contributed by atoms with E-state index in [0.717, 1.165) is 24.3 Å². The number of thioether (sulfide) groups is 1. The van der Waals surface area contributed by atoms with Gasteiger partial charge in [0.1, 0.15) is 0 Å². The molecule has 1 aromatic rings. The summed E-state index contributed by atoms with van der Waals surface area (Å²) in [6.45, 7) is 6.40. The zero-order valence-corrected chi connectivity index (χ0v) is 13.2. The van der Waals surface area contributed by atoms with E-state index in [1.54, 1.807) is 25.6 Å². The predicted molar refractivity (Wildman–Crippen MR) is 82.9 cm³/mol. The van der Waals surface area contributed by atoms with Crippen molar-refractivity contribution >= 4 is 17.7 Å². The van der Waals surface area contributed by atoms with Gasteiger partial charge in [-0.25, -0.2) is 0 Å². The molecule has 0 saturated carbocycles. The van der Waals surface area contributed by atoms with Crippen LogP contribution in [-0.4, -0.2) is 39.9 Å². The molecule has 1 saturated heterocycles. The van der Waals surface area contributed by atoms with Gasteiger partial charge in [-0.05, 0) is 45.2 Å². The number of aryl methyl sites for hydroxylation is 1. The molecule has 3 nitrogen and oxygen atoms in total. The number of aliphatic hydroxyl groups is 1. The minimum absolute atomic E-state index is 0.0486. The standard InChI is InChI=1S/C16H23NO2S/c1-12-7-4-5-8-13(12)20-11-15(18)17-10-6-9-14(17)16(2,3)19/h4-5,7-8,14,19H,6,9-11H2,1-3H3/t14-/m1/s1. The maximum absolute atomic E-state index is 12.4. The van der Waals surface area contributed by atoms with E-state index in [1.807, 2.05) is 23.1 Å². The van der Waals surface area contributed by atoms with Gasteiger partial charge in [-0.15, -0.1) is 11.8 Å². The van der Waals surface area contributed by atoms with Crippen molar-refractivity contribution < 1.29 is 9.90 Å². The van der Waals surface area contributed by atoms with Gasteiger partial charge in [0, 0.05) is 11.4 Å². The van der Waals surface area contributed by atoms with E-state index in [0.29, 0.717) is 5.75 Å². The lowest BCUT2D eigenvalue weighted by Gasteiger charge is -2.33. The van der Waals surface area contributed by atoms with Crippen LogP contribution < -0.4 is 0 Å². The Labute approximate surface area is 125 Å². The van der Waals surface area contributed by atoms with Crippen molar-refractivity contribution in [3.63, 3.8) is 0 Å². The van der Waals surface area contributed by atoms with Crippen molar-refractivity contribution in [2.45, 2.75) is 50.2 Å². The summed E-state index contributed by atoms with van der Waals surface area (Å²) in [5, 5.41) is 10.2. The second-order valence-corrected chi connectivity index (χ2v) is 6.97. The smallest absolute Gasteiger partial charge is 0.233 e. The fourth-order valence-electron chi connectivity index (χ4n) is 2.74. The quantitative estimate of drug-likeness (QED) is 0.868. The lowest BCUT2D eigenvalue weighted by Crippen LogP contribution is -2.48. The molecule has 2 rings (SSSR count). The highest BCUT2D eigenvalue weighted by molar-refractivity contribution is 8.00. The van der Waals surface area contributed by atoms with Gasteiger partial charge in [-0.3, -0.25) is 4.79 Å². The zero-order valence-electron chi connectivity index (χ0n) is 12.4. The van der Waals surface area contributed by atoms with Crippen LogP contribution >= 0.6 is 11.8 Å². The molecule has 1 aliphatic rings. The first kappa shape index (κ1) is 15.4. The van der Waals surface area contributed by atoms with Crippen LogP contribution in [0.3, 0.4) is 0 Å². The normalized spacial score (nSPS) is 19.4. The molecule has 1 aromatic carbocycles. The van der Waals surface area contributed by atoms with Crippen LogP contribution in [-0.2, 0) is 4.79 Å². The average molecular weight is 293 g/mol. The Morgan fingerprint density at radius 3 is 2.80 bits per heavy atom. The number of carbonyl (C=O) groups is 1. The van der Waals surface area contributed by atoms with Crippen LogP contribution in [0.4, 0.5) is 0 Å². The summed E-state index contributed by atoms with van der Waals surface area (Å²) in [7, 11) is 0. The second-order valence-electron chi connectivity index (χ2n) is 5.95. The Hall–Kier alpha value is -1.00. The molecule has 0 unspecified atom stereocenters. The van der Waals surface area contributed by atoms with E-state index in [4.69, 9.17) is 0 Å². The Bertz CT molecular complexity index is 482. The third-order valence-corrected chi connectivity index (χ3v) is 4.99. The largest absolute Gasteiger partial charge is 0.388 e. The number of carbonyl (C=O) groups excluding carboxylic acids is 1. The maximum atomic E-state index is 12.4. The minimum atomic E-state index is -0.820. The van der Waals surface area contributed by atoms with Crippen molar-refractivity contribution in [2.24, 2.45) is 0 Å². The van der Waals surface area contributed by atoms with E-state index >= 15 is 0 Å². The molecule has 1 amide bonds. The topological polar surface area (TPSA) is 40.5 Å². The van der Waals surface area contributed by atoms with Gasteiger partial charge in [-0.2, -0.15) is 0 Å².